The summed E-state index contributed by atoms with van der Waals surface area (Å²) in [4.78, 5) is 8.95. The molecule has 0 aromatic heterocycles. The molecule has 0 amide bonds. The van der Waals surface area contributed by atoms with Crippen molar-refractivity contribution in [2.75, 3.05) is 0 Å². The van der Waals surface area contributed by atoms with Crippen LogP contribution in [-0.4, -0.2) is 17.5 Å². The van der Waals surface area contributed by atoms with Crippen LogP contribution in [0.2, 0.25) is 0 Å². The first-order chi connectivity index (χ1) is 2.64. The Labute approximate surface area is 81.3 Å². The summed E-state index contributed by atoms with van der Waals surface area (Å²) in [5.41, 5.74) is 0. The zero-order valence-electron chi connectivity index (χ0n) is 3.69. The number of carboxylic acids is 1. The molecule has 1 N–H and O–H groups in total. The van der Waals surface area contributed by atoms with Crippen LogP contribution in [0, 0.1) is 0 Å². The van der Waals surface area contributed by atoms with Crippen LogP contribution in [0.4, 0.5) is 8.78 Å². The maximum absolute atomic E-state index is 10.6. The van der Waals surface area contributed by atoms with Crippen molar-refractivity contribution >= 4 is 5.97 Å². The van der Waals surface area contributed by atoms with Gasteiger partial charge in [0.2, 0.25) is 0 Å². The summed E-state index contributed by atoms with van der Waals surface area (Å²) in [6, 6.07) is 0. The molecule has 0 saturated carbocycles. The van der Waals surface area contributed by atoms with Gasteiger partial charge < -0.3 is 5.11 Å². The molecule has 5 heteroatoms. The number of hydrogen-bond acceptors (Lipinski definition) is 1. The van der Waals surface area contributed by atoms with Crippen molar-refractivity contribution in [3.63, 3.8) is 0 Å². The number of rotatable bonds is 1. The van der Waals surface area contributed by atoms with Crippen molar-refractivity contribution in [1.29, 1.82) is 0 Å². The van der Waals surface area contributed by atoms with Crippen molar-refractivity contribution in [3.05, 3.63) is 0 Å². The molecule has 0 fully saturated rings. The van der Waals surface area contributed by atoms with Gasteiger partial charge in [-0.2, -0.15) is 8.78 Å². The summed E-state index contributed by atoms with van der Waals surface area (Å²) < 4.78 is 21.1. The van der Waals surface area contributed by atoms with Crippen molar-refractivity contribution in [3.8, 4) is 0 Å². The van der Waals surface area contributed by atoms with E-state index < -0.39 is 12.4 Å². The summed E-state index contributed by atoms with van der Waals surface area (Å²) in [5.74, 6) is -2.07. The minimum absolute atomic E-state index is 0. The topological polar surface area (TPSA) is 37.3 Å². The van der Waals surface area contributed by atoms with Gasteiger partial charge in [-0.3, -0.25) is 0 Å². The van der Waals surface area contributed by atoms with E-state index in [1.165, 1.54) is 0 Å². The first kappa shape index (κ1) is 10.9. The smallest absolute Gasteiger partial charge is 0.477 e. The van der Waals surface area contributed by atoms with Crippen LogP contribution in [-0.2, 0) is 4.79 Å². The van der Waals surface area contributed by atoms with Gasteiger partial charge in [-0.25, -0.2) is 4.79 Å². The van der Waals surface area contributed by atoms with Gasteiger partial charge in [-0.05, 0) is 0 Å². The molecule has 0 saturated heterocycles. The summed E-state index contributed by atoms with van der Waals surface area (Å²) in [5, 5.41) is 7.24. The van der Waals surface area contributed by atoms with E-state index in [0.29, 0.717) is 0 Å². The van der Waals surface area contributed by atoms with Gasteiger partial charge in [-0.1, -0.05) is 0 Å². The molecule has 0 spiro atoms. The Morgan fingerprint density at radius 2 is 1.71 bits per heavy atom. The quantitative estimate of drug-likeness (QED) is 0.398. The van der Waals surface area contributed by atoms with E-state index in [1.54, 1.807) is 0 Å². The standard InChI is InChI=1S/C2H2F2O2.K/c3-1(4)2(5)6;/h1H,(H,5,6);/q;+1. The van der Waals surface area contributed by atoms with E-state index in [1.807, 2.05) is 0 Å². The fraction of sp³-hybridized carbons (Fsp3) is 0.500. The molecular formula is C2H2F2KO2+. The van der Waals surface area contributed by atoms with E-state index in [4.69, 9.17) is 9.90 Å². The zero-order valence-corrected chi connectivity index (χ0v) is 6.81. The van der Waals surface area contributed by atoms with Crippen molar-refractivity contribution in [2.45, 2.75) is 6.43 Å². The van der Waals surface area contributed by atoms with Crippen LogP contribution in [0.3, 0.4) is 0 Å². The average molecular weight is 135 g/mol. The van der Waals surface area contributed by atoms with Gasteiger partial charge in [-0.15, -0.1) is 0 Å². The van der Waals surface area contributed by atoms with Crippen molar-refractivity contribution < 1.29 is 70.1 Å². The molecule has 0 radical (unpaired) electrons. The maximum atomic E-state index is 10.6. The number of halogens is 2. The molecular weight excluding hydrogens is 133 g/mol. The van der Waals surface area contributed by atoms with Gasteiger partial charge in [0.15, 0.2) is 0 Å². The Bertz CT molecular complexity index is 64.7. The minimum atomic E-state index is -3.23. The predicted octanol–water partition coefficient (Wildman–Crippen LogP) is -2.66. The fourth-order valence-corrected chi connectivity index (χ4v) is 0. The Hall–Kier alpha value is 0.966. The summed E-state index contributed by atoms with van der Waals surface area (Å²) in [6.07, 6.45) is -3.23. The van der Waals surface area contributed by atoms with Gasteiger partial charge in [0.1, 0.15) is 0 Å². The second-order valence-corrected chi connectivity index (χ2v) is 0.639. The Kier molecular flexibility index (Phi) is 7.93. The van der Waals surface area contributed by atoms with Crippen LogP contribution in [0.1, 0.15) is 0 Å². The van der Waals surface area contributed by atoms with Crippen LogP contribution < -0.4 is 51.4 Å². The Balaban J connectivity index is 0. The van der Waals surface area contributed by atoms with Gasteiger partial charge in [0.05, 0.1) is 0 Å². The number of carbonyl (C=O) groups is 1. The summed E-state index contributed by atoms with van der Waals surface area (Å²) in [7, 11) is 0. The second kappa shape index (κ2) is 5.11. The average Bonchev–Trinajstić information content (AvgIpc) is 1.36. The SMILES string of the molecule is O=C(O)C(F)F.[K+]. The number of alkyl halides is 2. The molecule has 0 bridgehead atoms. The number of carboxylic acid groups (broad SMARTS) is 1. The molecule has 0 aromatic carbocycles. The zero-order chi connectivity index (χ0) is 5.15. The van der Waals surface area contributed by atoms with E-state index in [9.17, 15) is 8.78 Å². The third-order valence-electron chi connectivity index (χ3n) is 0.187. The molecule has 0 atom stereocenters. The normalized spacial score (nSPS) is 7.86. The third-order valence-corrected chi connectivity index (χ3v) is 0.187. The maximum Gasteiger partial charge on any atom is 1.00 e. The molecule has 0 unspecified atom stereocenters. The largest absolute Gasteiger partial charge is 1.00 e. The molecule has 0 aliphatic rings. The van der Waals surface area contributed by atoms with Crippen LogP contribution >= 0.6 is 0 Å². The van der Waals surface area contributed by atoms with Gasteiger partial charge in [0.25, 0.3) is 0 Å². The minimum Gasteiger partial charge on any atom is -0.477 e. The van der Waals surface area contributed by atoms with Crippen molar-refractivity contribution in [1.82, 2.24) is 0 Å². The third kappa shape index (κ3) is 6.97. The van der Waals surface area contributed by atoms with Crippen LogP contribution in [0.25, 0.3) is 0 Å². The van der Waals surface area contributed by atoms with E-state index in [2.05, 4.69) is 0 Å². The predicted molar refractivity (Wildman–Crippen MR) is 13.6 cm³/mol. The second-order valence-electron chi connectivity index (χ2n) is 0.639. The van der Waals surface area contributed by atoms with Gasteiger partial charge >= 0.3 is 63.8 Å². The summed E-state index contributed by atoms with van der Waals surface area (Å²) >= 11 is 0. The Morgan fingerprint density at radius 1 is 1.57 bits per heavy atom. The monoisotopic (exact) mass is 135 g/mol. The molecule has 36 valence electrons. The van der Waals surface area contributed by atoms with Crippen molar-refractivity contribution in [2.24, 2.45) is 0 Å². The fourth-order valence-electron chi connectivity index (χ4n) is 0. The molecule has 0 aliphatic carbocycles. The van der Waals surface area contributed by atoms with Crippen LogP contribution in [0.5, 0.6) is 0 Å². The molecule has 2 nitrogen and oxygen atoms in total. The molecule has 0 aliphatic heterocycles. The first-order valence-corrected chi connectivity index (χ1v) is 1.15. The Morgan fingerprint density at radius 3 is 1.71 bits per heavy atom. The molecule has 0 heterocycles. The molecule has 0 rings (SSSR count). The first-order valence-electron chi connectivity index (χ1n) is 1.15. The van der Waals surface area contributed by atoms with Gasteiger partial charge in [0, 0.05) is 0 Å². The van der Waals surface area contributed by atoms with E-state index in [-0.39, 0.29) is 51.4 Å². The summed E-state index contributed by atoms with van der Waals surface area (Å²) in [6.45, 7) is 0. The number of aliphatic carboxylic acids is 1. The van der Waals surface area contributed by atoms with Crippen LogP contribution in [0.15, 0.2) is 0 Å². The number of hydrogen-bond donors (Lipinski definition) is 1. The van der Waals surface area contributed by atoms with E-state index >= 15 is 0 Å². The molecule has 0 aromatic rings. The van der Waals surface area contributed by atoms with E-state index in [0.717, 1.165) is 0 Å². The molecule has 7 heavy (non-hydrogen) atoms.